The molecule has 2 rings (SSSR count). The normalized spacial score (nSPS) is 11.8. The fourth-order valence-electron chi connectivity index (χ4n) is 2.39. The van der Waals surface area contributed by atoms with Crippen molar-refractivity contribution in [1.29, 1.82) is 0 Å². The fraction of sp³-hybridized carbons (Fsp3) is 0.278. The summed E-state index contributed by atoms with van der Waals surface area (Å²) in [5, 5.41) is 12.5. The number of primary amides is 1. The monoisotopic (exact) mass is 365 g/mol. The highest BCUT2D eigenvalue weighted by Gasteiger charge is 2.15. The van der Waals surface area contributed by atoms with Crippen molar-refractivity contribution < 1.29 is 24.7 Å². The highest BCUT2D eigenvalue weighted by molar-refractivity contribution is 6.32. The highest BCUT2D eigenvalue weighted by atomic mass is 35.5. The van der Waals surface area contributed by atoms with E-state index in [0.29, 0.717) is 23.9 Å². The third-order valence-corrected chi connectivity index (χ3v) is 3.88. The van der Waals surface area contributed by atoms with Crippen LogP contribution in [-0.4, -0.2) is 31.3 Å². The molecule has 0 unspecified atom stereocenters. The van der Waals surface area contributed by atoms with E-state index in [1.807, 2.05) is 35.6 Å². The first-order valence-corrected chi connectivity index (χ1v) is 8.21. The van der Waals surface area contributed by atoms with Crippen LogP contribution in [0, 0.1) is 0 Å². The molecule has 0 bridgehead atoms. The van der Waals surface area contributed by atoms with Crippen LogP contribution in [0.25, 0.3) is 0 Å². The molecule has 25 heavy (non-hydrogen) atoms. The van der Waals surface area contributed by atoms with E-state index >= 15 is 0 Å². The minimum absolute atomic E-state index is 0.273. The molecule has 134 valence electrons. The quantitative estimate of drug-likeness (QED) is 0.617. The predicted molar refractivity (Wildman–Crippen MR) is 94.6 cm³/mol. The molecule has 0 spiro atoms. The number of benzene rings is 2. The number of aliphatic hydroxyl groups excluding tert-OH is 1. The van der Waals surface area contributed by atoms with E-state index in [2.05, 4.69) is 0 Å². The summed E-state index contributed by atoms with van der Waals surface area (Å²) in [6.07, 6.45) is -0.545. The third-order valence-electron chi connectivity index (χ3n) is 3.60. The summed E-state index contributed by atoms with van der Waals surface area (Å²) >= 11 is 6.21. The summed E-state index contributed by atoms with van der Waals surface area (Å²) in [6.45, 7) is 0.852. The van der Waals surface area contributed by atoms with Gasteiger partial charge in [0.2, 0.25) is 0 Å². The van der Waals surface area contributed by atoms with Gasteiger partial charge in [0, 0.05) is 5.56 Å². The Labute approximate surface area is 151 Å². The first kappa shape index (κ1) is 19.1. The van der Waals surface area contributed by atoms with E-state index < -0.39 is 12.0 Å². The molecule has 0 heterocycles. The van der Waals surface area contributed by atoms with E-state index in [1.165, 1.54) is 7.11 Å². The number of methoxy groups -OCH3 is 1. The molecule has 2 aromatic rings. The van der Waals surface area contributed by atoms with Crippen molar-refractivity contribution in [3.8, 4) is 11.5 Å². The van der Waals surface area contributed by atoms with Gasteiger partial charge in [-0.2, -0.15) is 0 Å². The van der Waals surface area contributed by atoms with Crippen molar-refractivity contribution in [2.75, 3.05) is 20.3 Å². The number of aliphatic hydroxyl groups is 1. The number of carbonyl (C=O) groups excluding carboxylic acids is 1. The van der Waals surface area contributed by atoms with Gasteiger partial charge in [0.25, 0.3) is 5.91 Å². The number of halogens is 1. The largest absolute Gasteiger partial charge is 0.493 e. The van der Waals surface area contributed by atoms with Crippen LogP contribution >= 0.6 is 11.6 Å². The molecular weight excluding hydrogens is 344 g/mol. The van der Waals surface area contributed by atoms with Gasteiger partial charge >= 0.3 is 0 Å². The minimum Gasteiger partial charge on any atom is -0.493 e. The van der Waals surface area contributed by atoms with Gasteiger partial charge in [-0.15, -0.1) is 0 Å². The minimum atomic E-state index is -0.592. The molecule has 1 amide bonds. The summed E-state index contributed by atoms with van der Waals surface area (Å²) in [7, 11) is 1.50. The second kappa shape index (κ2) is 9.27. The molecule has 6 nitrogen and oxygen atoms in total. The van der Waals surface area contributed by atoms with E-state index in [-0.39, 0.29) is 12.4 Å². The van der Waals surface area contributed by atoms with Gasteiger partial charge in [0.05, 0.1) is 12.1 Å². The first-order valence-electron chi connectivity index (χ1n) is 7.83. The highest BCUT2D eigenvalue weighted by Crippen LogP contribution is 2.36. The molecule has 0 aromatic heterocycles. The van der Waals surface area contributed by atoms with Crippen LogP contribution in [0.2, 0.25) is 5.02 Å². The Hall–Kier alpha value is -2.28. The molecule has 0 aliphatic heterocycles. The fourth-order valence-corrected chi connectivity index (χ4v) is 2.68. The Morgan fingerprint density at radius 2 is 2.04 bits per heavy atom. The lowest BCUT2D eigenvalue weighted by atomic mass is 10.1. The van der Waals surface area contributed by atoms with Crippen molar-refractivity contribution >= 4 is 17.5 Å². The maximum absolute atomic E-state index is 10.9. The van der Waals surface area contributed by atoms with Gasteiger partial charge in [0.15, 0.2) is 18.1 Å². The molecule has 0 aliphatic rings. The van der Waals surface area contributed by atoms with Crippen molar-refractivity contribution in [3.63, 3.8) is 0 Å². The van der Waals surface area contributed by atoms with E-state index in [4.69, 9.17) is 26.8 Å². The van der Waals surface area contributed by atoms with Gasteiger partial charge in [0.1, 0.15) is 19.2 Å². The molecule has 0 saturated heterocycles. The van der Waals surface area contributed by atoms with Crippen LogP contribution in [0.5, 0.6) is 11.5 Å². The number of rotatable bonds is 9. The Morgan fingerprint density at radius 1 is 1.32 bits per heavy atom. The van der Waals surface area contributed by atoms with Gasteiger partial charge in [-0.3, -0.25) is 4.79 Å². The lowest BCUT2D eigenvalue weighted by Crippen LogP contribution is -2.83. The molecule has 0 saturated carbocycles. The smallest absolute Gasteiger partial charge is 0.255 e. The SMILES string of the molecule is COc1cc(C[NH2+]C[C@@H](O)c2ccccc2)cc(Cl)c1OCC(N)=O. The lowest BCUT2D eigenvalue weighted by Gasteiger charge is -2.14. The van der Waals surface area contributed by atoms with Crippen LogP contribution in [0.4, 0.5) is 0 Å². The van der Waals surface area contributed by atoms with Crippen LogP contribution in [0.3, 0.4) is 0 Å². The zero-order valence-corrected chi connectivity index (χ0v) is 14.7. The molecule has 7 heteroatoms. The average Bonchev–Trinajstić information content (AvgIpc) is 2.60. The Kier molecular flexibility index (Phi) is 7.06. The Balaban J connectivity index is 1.98. The molecule has 1 atom stereocenters. The van der Waals surface area contributed by atoms with Crippen molar-refractivity contribution in [1.82, 2.24) is 0 Å². The standard InChI is InChI=1S/C18H21ClN2O4/c1-24-16-8-12(7-14(19)18(16)25-11-17(20)23)9-21-10-15(22)13-5-3-2-4-6-13/h2-8,15,21-22H,9-11H2,1H3,(H2,20,23)/p+1/t15-/m1/s1. The number of nitrogens with two attached hydrogens (primary N) is 2. The molecule has 0 radical (unpaired) electrons. The summed E-state index contributed by atoms with van der Waals surface area (Å²) in [4.78, 5) is 10.9. The third kappa shape index (κ3) is 5.63. The van der Waals surface area contributed by atoms with E-state index in [0.717, 1.165) is 11.1 Å². The van der Waals surface area contributed by atoms with Crippen LogP contribution in [0.1, 0.15) is 17.2 Å². The number of ether oxygens (including phenoxy) is 2. The van der Waals surface area contributed by atoms with Crippen LogP contribution < -0.4 is 20.5 Å². The predicted octanol–water partition coefficient (Wildman–Crippen LogP) is 1.01. The average molecular weight is 366 g/mol. The number of quaternary nitrogens is 1. The summed E-state index contributed by atoms with van der Waals surface area (Å²) < 4.78 is 10.6. The lowest BCUT2D eigenvalue weighted by molar-refractivity contribution is -0.677. The summed E-state index contributed by atoms with van der Waals surface area (Å²) in [5.74, 6) is 0.127. The molecule has 5 N–H and O–H groups in total. The molecule has 2 aromatic carbocycles. The van der Waals surface area contributed by atoms with Crippen LogP contribution in [0.15, 0.2) is 42.5 Å². The van der Waals surface area contributed by atoms with E-state index in [1.54, 1.807) is 12.1 Å². The number of hydrogen-bond acceptors (Lipinski definition) is 4. The zero-order valence-electron chi connectivity index (χ0n) is 13.9. The maximum atomic E-state index is 10.9. The first-order chi connectivity index (χ1) is 12.0. The van der Waals surface area contributed by atoms with Gasteiger partial charge < -0.3 is 25.6 Å². The zero-order chi connectivity index (χ0) is 18.2. The second-order valence-corrected chi connectivity index (χ2v) is 5.93. The van der Waals surface area contributed by atoms with Gasteiger partial charge in [-0.05, 0) is 17.7 Å². The Morgan fingerprint density at radius 3 is 2.68 bits per heavy atom. The van der Waals surface area contributed by atoms with E-state index in [9.17, 15) is 9.90 Å². The second-order valence-electron chi connectivity index (χ2n) is 5.52. The maximum Gasteiger partial charge on any atom is 0.255 e. The van der Waals surface area contributed by atoms with Crippen molar-refractivity contribution in [2.45, 2.75) is 12.6 Å². The Bertz CT molecular complexity index is 710. The number of amides is 1. The topological polar surface area (TPSA) is 98.4 Å². The summed E-state index contributed by atoms with van der Waals surface area (Å²) in [5.41, 5.74) is 6.87. The summed E-state index contributed by atoms with van der Waals surface area (Å²) in [6, 6.07) is 13.0. The van der Waals surface area contributed by atoms with Crippen molar-refractivity contribution in [2.24, 2.45) is 5.73 Å². The number of hydrogen-bond donors (Lipinski definition) is 3. The molecular formula is C18H22ClN2O4+. The van der Waals surface area contributed by atoms with Gasteiger partial charge in [-0.25, -0.2) is 0 Å². The number of carbonyl (C=O) groups is 1. The molecule has 0 fully saturated rings. The molecule has 0 aliphatic carbocycles. The van der Waals surface area contributed by atoms with Crippen molar-refractivity contribution in [3.05, 3.63) is 58.6 Å². The van der Waals surface area contributed by atoms with Gasteiger partial charge in [-0.1, -0.05) is 41.9 Å². The van der Waals surface area contributed by atoms with Crippen LogP contribution in [-0.2, 0) is 11.3 Å².